The van der Waals surface area contributed by atoms with Crippen molar-refractivity contribution >= 4 is 18.1 Å². The standard InChI is InChI=1S/C18H16N4O5/c1-25-14-9-11(4-6-13(14)26-10-15(19)23)5-7-16-21-17(22-27-16)12-3-2-8-20-18(12)24/h2-9H,10H2,1H3,(H2,19,23)(H,20,24)/b7-5+. The van der Waals surface area contributed by atoms with Crippen LogP contribution in [0.4, 0.5) is 0 Å². The SMILES string of the molecule is COc1cc(/C=C/c2nc(-c3ccc[nH]c3=O)no2)ccc1OCC(N)=O. The lowest BCUT2D eigenvalue weighted by atomic mass is 10.2. The molecule has 1 amide bonds. The van der Waals surface area contributed by atoms with E-state index in [4.69, 9.17) is 19.7 Å². The molecule has 0 unspecified atom stereocenters. The molecule has 0 aliphatic heterocycles. The Morgan fingerprint density at radius 3 is 2.89 bits per heavy atom. The van der Waals surface area contributed by atoms with Gasteiger partial charge in [0.15, 0.2) is 18.1 Å². The number of carbonyl (C=O) groups excluding carboxylic acids is 1. The number of nitrogens with one attached hydrogen (secondary N) is 1. The molecule has 9 heteroatoms. The van der Waals surface area contributed by atoms with Crippen molar-refractivity contribution in [2.24, 2.45) is 5.73 Å². The number of carbonyl (C=O) groups is 1. The first kappa shape index (κ1) is 17.9. The summed E-state index contributed by atoms with van der Waals surface area (Å²) in [7, 11) is 1.49. The Hall–Kier alpha value is -3.88. The molecule has 3 rings (SSSR count). The molecular formula is C18H16N4O5. The Balaban J connectivity index is 1.77. The highest BCUT2D eigenvalue weighted by atomic mass is 16.5. The van der Waals surface area contributed by atoms with Crippen molar-refractivity contribution in [1.29, 1.82) is 0 Å². The predicted molar refractivity (Wildman–Crippen MR) is 97.0 cm³/mol. The zero-order chi connectivity index (χ0) is 19.2. The minimum Gasteiger partial charge on any atom is -0.493 e. The molecule has 0 saturated heterocycles. The molecule has 0 aliphatic carbocycles. The number of nitrogens with zero attached hydrogens (tertiary/aromatic N) is 2. The number of methoxy groups -OCH3 is 1. The molecule has 9 nitrogen and oxygen atoms in total. The van der Waals surface area contributed by atoms with Gasteiger partial charge in [0.1, 0.15) is 0 Å². The molecule has 0 spiro atoms. The van der Waals surface area contributed by atoms with E-state index in [0.29, 0.717) is 17.1 Å². The van der Waals surface area contributed by atoms with Crippen LogP contribution in [0.5, 0.6) is 11.5 Å². The van der Waals surface area contributed by atoms with Crippen LogP contribution in [-0.2, 0) is 4.79 Å². The number of nitrogens with two attached hydrogens (primary N) is 1. The number of aromatic nitrogens is 3. The zero-order valence-corrected chi connectivity index (χ0v) is 14.3. The van der Waals surface area contributed by atoms with Gasteiger partial charge in [-0.3, -0.25) is 9.59 Å². The van der Waals surface area contributed by atoms with E-state index in [0.717, 1.165) is 5.56 Å². The molecule has 3 aromatic rings. The highest BCUT2D eigenvalue weighted by Crippen LogP contribution is 2.28. The number of primary amides is 1. The number of hydrogen-bond acceptors (Lipinski definition) is 7. The fourth-order valence-corrected chi connectivity index (χ4v) is 2.23. The van der Waals surface area contributed by atoms with Gasteiger partial charge in [-0.2, -0.15) is 4.98 Å². The lowest BCUT2D eigenvalue weighted by Gasteiger charge is -2.09. The summed E-state index contributed by atoms with van der Waals surface area (Å²) in [5, 5.41) is 3.80. The normalized spacial score (nSPS) is 10.9. The van der Waals surface area contributed by atoms with Gasteiger partial charge in [-0.15, -0.1) is 0 Å². The van der Waals surface area contributed by atoms with E-state index in [1.807, 2.05) is 0 Å². The van der Waals surface area contributed by atoms with Crippen LogP contribution in [0.3, 0.4) is 0 Å². The first-order valence-corrected chi connectivity index (χ1v) is 7.86. The van der Waals surface area contributed by atoms with Gasteiger partial charge in [-0.1, -0.05) is 11.2 Å². The molecule has 0 fully saturated rings. The number of pyridine rings is 1. The predicted octanol–water partition coefficient (Wildman–Crippen LogP) is 1.47. The molecular weight excluding hydrogens is 352 g/mol. The molecule has 3 N–H and O–H groups in total. The second-order valence-electron chi connectivity index (χ2n) is 5.37. The van der Waals surface area contributed by atoms with Crippen molar-refractivity contribution in [2.75, 3.05) is 13.7 Å². The van der Waals surface area contributed by atoms with Crippen molar-refractivity contribution in [3.8, 4) is 22.9 Å². The van der Waals surface area contributed by atoms with E-state index in [-0.39, 0.29) is 23.9 Å². The molecule has 0 radical (unpaired) electrons. The molecule has 138 valence electrons. The summed E-state index contributed by atoms with van der Waals surface area (Å²) in [6.45, 7) is -0.241. The summed E-state index contributed by atoms with van der Waals surface area (Å²) in [6, 6.07) is 8.41. The molecule has 1 aromatic carbocycles. The third kappa shape index (κ3) is 4.40. The number of aromatic amines is 1. The Bertz CT molecular complexity index is 1040. The maximum atomic E-state index is 11.8. The minimum atomic E-state index is -0.578. The molecule has 27 heavy (non-hydrogen) atoms. The number of amides is 1. The first-order chi connectivity index (χ1) is 13.1. The minimum absolute atomic E-state index is 0.198. The summed E-state index contributed by atoms with van der Waals surface area (Å²) in [5.41, 5.74) is 5.86. The summed E-state index contributed by atoms with van der Waals surface area (Å²) in [6.07, 6.45) is 4.86. The van der Waals surface area contributed by atoms with E-state index in [2.05, 4.69) is 15.1 Å². The van der Waals surface area contributed by atoms with Gasteiger partial charge in [0.25, 0.3) is 17.4 Å². The Morgan fingerprint density at radius 1 is 1.30 bits per heavy atom. The lowest BCUT2D eigenvalue weighted by Crippen LogP contribution is -2.20. The van der Waals surface area contributed by atoms with Crippen molar-refractivity contribution in [2.45, 2.75) is 0 Å². The molecule has 0 saturated carbocycles. The van der Waals surface area contributed by atoms with Gasteiger partial charge in [0.05, 0.1) is 12.7 Å². The van der Waals surface area contributed by atoms with Crippen molar-refractivity contribution in [1.82, 2.24) is 15.1 Å². The quantitative estimate of drug-likeness (QED) is 0.645. The number of hydrogen-bond donors (Lipinski definition) is 2. The van der Waals surface area contributed by atoms with Crippen LogP contribution in [0.1, 0.15) is 11.5 Å². The van der Waals surface area contributed by atoms with Crippen LogP contribution >= 0.6 is 0 Å². The largest absolute Gasteiger partial charge is 0.493 e. The van der Waals surface area contributed by atoms with Crippen molar-refractivity contribution in [3.05, 3.63) is 58.3 Å². The maximum Gasteiger partial charge on any atom is 0.259 e. The third-order valence-corrected chi connectivity index (χ3v) is 3.48. The Labute approximate surface area is 153 Å². The van der Waals surface area contributed by atoms with Gasteiger partial charge in [-0.05, 0) is 35.9 Å². The van der Waals surface area contributed by atoms with Crippen LogP contribution in [-0.4, -0.2) is 34.7 Å². The average Bonchev–Trinajstić information content (AvgIpc) is 3.14. The van der Waals surface area contributed by atoms with Crippen LogP contribution in [0, 0.1) is 0 Å². The molecule has 0 aliphatic rings. The van der Waals surface area contributed by atoms with Gasteiger partial charge in [0.2, 0.25) is 5.82 Å². The fraction of sp³-hybridized carbons (Fsp3) is 0.111. The van der Waals surface area contributed by atoms with E-state index in [1.54, 1.807) is 42.5 Å². The van der Waals surface area contributed by atoms with Crippen LogP contribution in [0.25, 0.3) is 23.5 Å². The van der Waals surface area contributed by atoms with E-state index in [9.17, 15) is 9.59 Å². The van der Waals surface area contributed by atoms with Gasteiger partial charge < -0.3 is 24.7 Å². The molecule has 2 heterocycles. The van der Waals surface area contributed by atoms with E-state index < -0.39 is 5.91 Å². The van der Waals surface area contributed by atoms with E-state index in [1.165, 1.54) is 13.3 Å². The maximum absolute atomic E-state index is 11.8. The van der Waals surface area contributed by atoms with Gasteiger partial charge >= 0.3 is 0 Å². The fourth-order valence-electron chi connectivity index (χ4n) is 2.23. The number of H-pyrrole nitrogens is 1. The Morgan fingerprint density at radius 2 is 2.15 bits per heavy atom. The van der Waals surface area contributed by atoms with Crippen LogP contribution in [0.2, 0.25) is 0 Å². The first-order valence-electron chi connectivity index (χ1n) is 7.86. The number of ether oxygens (including phenoxy) is 2. The Kier molecular flexibility index (Phi) is 5.31. The highest BCUT2D eigenvalue weighted by Gasteiger charge is 2.10. The lowest BCUT2D eigenvalue weighted by molar-refractivity contribution is -0.119. The highest BCUT2D eigenvalue weighted by molar-refractivity contribution is 5.75. The summed E-state index contributed by atoms with van der Waals surface area (Å²) in [5.74, 6) is 0.702. The number of benzene rings is 1. The summed E-state index contributed by atoms with van der Waals surface area (Å²) in [4.78, 5) is 29.3. The zero-order valence-electron chi connectivity index (χ0n) is 14.3. The molecule has 0 bridgehead atoms. The monoisotopic (exact) mass is 368 g/mol. The van der Waals surface area contributed by atoms with Crippen molar-refractivity contribution < 1.29 is 18.8 Å². The van der Waals surface area contributed by atoms with E-state index >= 15 is 0 Å². The third-order valence-electron chi connectivity index (χ3n) is 3.48. The van der Waals surface area contributed by atoms with Gasteiger partial charge in [-0.25, -0.2) is 0 Å². The average molecular weight is 368 g/mol. The second kappa shape index (κ2) is 8.00. The topological polar surface area (TPSA) is 133 Å². The smallest absolute Gasteiger partial charge is 0.259 e. The molecule has 2 aromatic heterocycles. The van der Waals surface area contributed by atoms with Crippen LogP contribution in [0.15, 0.2) is 45.8 Å². The summed E-state index contributed by atoms with van der Waals surface area (Å²) >= 11 is 0. The number of rotatable bonds is 7. The van der Waals surface area contributed by atoms with Crippen molar-refractivity contribution in [3.63, 3.8) is 0 Å². The second-order valence-corrected chi connectivity index (χ2v) is 5.37. The summed E-state index contributed by atoms with van der Waals surface area (Å²) < 4.78 is 15.7. The van der Waals surface area contributed by atoms with Gasteiger partial charge in [0, 0.05) is 12.3 Å². The molecule has 0 atom stereocenters. The van der Waals surface area contributed by atoms with Crippen LogP contribution < -0.4 is 20.8 Å².